The first-order valence-corrected chi connectivity index (χ1v) is 14.5. The second kappa shape index (κ2) is 11.5. The Hall–Kier alpha value is -3.21. The van der Waals surface area contributed by atoms with E-state index in [9.17, 15) is 0 Å². The molecule has 5 rings (SSSR count). The van der Waals surface area contributed by atoms with Crippen molar-refractivity contribution in [3.63, 3.8) is 0 Å². The fourth-order valence-corrected chi connectivity index (χ4v) is 6.30. The first-order chi connectivity index (χ1) is 18.7. The summed E-state index contributed by atoms with van der Waals surface area (Å²) in [6, 6.07) is 31.2. The van der Waals surface area contributed by atoms with Gasteiger partial charge < -0.3 is 4.98 Å². The molecule has 1 unspecified atom stereocenters. The van der Waals surface area contributed by atoms with Gasteiger partial charge in [0.2, 0.25) is 0 Å². The molecule has 0 radical (unpaired) electrons. The Balaban J connectivity index is 1.40. The molecule has 4 aromatic rings. The van der Waals surface area contributed by atoms with Crippen molar-refractivity contribution in [1.82, 2.24) is 19.8 Å². The lowest BCUT2D eigenvalue weighted by atomic mass is 9.83. The van der Waals surface area contributed by atoms with E-state index in [0.717, 1.165) is 32.0 Å². The molecule has 4 heteroatoms. The summed E-state index contributed by atoms with van der Waals surface area (Å²) in [7, 11) is 0. The molecule has 1 atom stereocenters. The standard InChI is InChI=1S/C35H44N4/c1-25(2)32(31-26(3)36-34(37-31)29-19-13-14-20-30(29)35(4,5)6)38-21-23-39(24-22-38)33(27-15-9-7-10-16-27)28-17-11-8-12-18-28/h7-20,25,32-33H,21-24H2,1-6H3,(H,36,37). The van der Waals surface area contributed by atoms with E-state index in [0.29, 0.717) is 5.92 Å². The Morgan fingerprint density at radius 3 is 1.77 bits per heavy atom. The zero-order chi connectivity index (χ0) is 27.6. The molecular formula is C35H44N4. The maximum atomic E-state index is 5.29. The quantitative estimate of drug-likeness (QED) is 0.270. The molecule has 1 fully saturated rings. The van der Waals surface area contributed by atoms with Gasteiger partial charge in [-0.1, -0.05) is 120 Å². The predicted octanol–water partition coefficient (Wildman–Crippen LogP) is 7.79. The van der Waals surface area contributed by atoms with E-state index in [1.54, 1.807) is 0 Å². The Kier molecular flexibility index (Phi) is 8.06. The third-order valence-corrected chi connectivity index (χ3v) is 8.16. The normalized spacial score (nSPS) is 16.2. The van der Waals surface area contributed by atoms with Crippen LogP contribution in [0, 0.1) is 12.8 Å². The molecule has 1 saturated heterocycles. The summed E-state index contributed by atoms with van der Waals surface area (Å²) < 4.78 is 0. The molecule has 1 aliphatic heterocycles. The lowest BCUT2D eigenvalue weighted by Gasteiger charge is -2.43. The lowest BCUT2D eigenvalue weighted by Crippen LogP contribution is -2.50. The molecule has 0 spiro atoms. The SMILES string of the molecule is Cc1[nH]c(-c2ccccc2C(C)(C)C)nc1C(C(C)C)N1CCN(C(c2ccccc2)c2ccccc2)CC1. The van der Waals surface area contributed by atoms with E-state index in [4.69, 9.17) is 4.98 Å². The summed E-state index contributed by atoms with van der Waals surface area (Å²) in [5.41, 5.74) is 7.69. The van der Waals surface area contributed by atoms with Crippen LogP contribution < -0.4 is 0 Å². The van der Waals surface area contributed by atoms with Gasteiger partial charge in [-0.15, -0.1) is 0 Å². The molecular weight excluding hydrogens is 476 g/mol. The molecule has 39 heavy (non-hydrogen) atoms. The summed E-state index contributed by atoms with van der Waals surface area (Å²) >= 11 is 0. The van der Waals surface area contributed by atoms with E-state index in [1.807, 2.05) is 0 Å². The van der Waals surface area contributed by atoms with Gasteiger partial charge in [-0.3, -0.25) is 9.80 Å². The Morgan fingerprint density at radius 1 is 0.718 bits per heavy atom. The van der Waals surface area contributed by atoms with Crippen LogP contribution >= 0.6 is 0 Å². The van der Waals surface area contributed by atoms with Gasteiger partial charge in [0, 0.05) is 37.4 Å². The van der Waals surface area contributed by atoms with Gasteiger partial charge in [-0.05, 0) is 34.9 Å². The zero-order valence-electron chi connectivity index (χ0n) is 24.5. The van der Waals surface area contributed by atoms with E-state index in [-0.39, 0.29) is 17.5 Å². The van der Waals surface area contributed by atoms with Crippen molar-refractivity contribution in [3.8, 4) is 11.4 Å². The van der Waals surface area contributed by atoms with E-state index < -0.39 is 0 Å². The summed E-state index contributed by atoms with van der Waals surface area (Å²) in [6.07, 6.45) is 0. The van der Waals surface area contributed by atoms with Crippen LogP contribution in [-0.4, -0.2) is 45.9 Å². The number of aryl methyl sites for hydroxylation is 1. The van der Waals surface area contributed by atoms with Crippen LogP contribution in [0.15, 0.2) is 84.9 Å². The Labute approximate surface area is 235 Å². The third-order valence-electron chi connectivity index (χ3n) is 8.16. The fourth-order valence-electron chi connectivity index (χ4n) is 6.30. The number of nitrogens with zero attached hydrogens (tertiary/aromatic N) is 3. The molecule has 2 heterocycles. The lowest BCUT2D eigenvalue weighted by molar-refractivity contribution is 0.0599. The van der Waals surface area contributed by atoms with Crippen LogP contribution in [0.25, 0.3) is 11.4 Å². The van der Waals surface area contributed by atoms with Gasteiger partial charge in [0.15, 0.2) is 0 Å². The van der Waals surface area contributed by atoms with Crippen LogP contribution in [0.2, 0.25) is 0 Å². The number of hydrogen-bond acceptors (Lipinski definition) is 3. The number of rotatable bonds is 7. The van der Waals surface area contributed by atoms with Crippen molar-refractivity contribution in [2.45, 2.75) is 59.0 Å². The molecule has 0 amide bonds. The second-order valence-electron chi connectivity index (χ2n) is 12.4. The summed E-state index contributed by atoms with van der Waals surface area (Å²) in [5.74, 6) is 1.45. The number of aromatic nitrogens is 2. The highest BCUT2D eigenvalue weighted by molar-refractivity contribution is 5.63. The van der Waals surface area contributed by atoms with Gasteiger partial charge >= 0.3 is 0 Å². The molecule has 204 valence electrons. The third kappa shape index (κ3) is 5.88. The van der Waals surface area contributed by atoms with Gasteiger partial charge in [-0.2, -0.15) is 0 Å². The van der Waals surface area contributed by atoms with Crippen molar-refractivity contribution in [3.05, 3.63) is 113 Å². The van der Waals surface area contributed by atoms with Crippen molar-refractivity contribution in [1.29, 1.82) is 0 Å². The highest BCUT2D eigenvalue weighted by Crippen LogP contribution is 2.37. The Bertz CT molecular complexity index is 1300. The molecule has 3 aromatic carbocycles. The summed E-state index contributed by atoms with van der Waals surface area (Å²) in [6.45, 7) is 17.8. The molecule has 0 bridgehead atoms. The summed E-state index contributed by atoms with van der Waals surface area (Å²) in [4.78, 5) is 14.3. The van der Waals surface area contributed by atoms with E-state index in [1.165, 1.54) is 33.6 Å². The number of nitrogens with one attached hydrogen (secondary N) is 1. The maximum Gasteiger partial charge on any atom is 0.138 e. The van der Waals surface area contributed by atoms with E-state index in [2.05, 4.69) is 141 Å². The molecule has 0 aliphatic carbocycles. The van der Waals surface area contributed by atoms with Crippen LogP contribution in [0.3, 0.4) is 0 Å². The van der Waals surface area contributed by atoms with Crippen molar-refractivity contribution in [2.24, 2.45) is 5.92 Å². The van der Waals surface area contributed by atoms with Crippen LogP contribution in [0.4, 0.5) is 0 Å². The second-order valence-corrected chi connectivity index (χ2v) is 12.4. The highest BCUT2D eigenvalue weighted by atomic mass is 15.3. The van der Waals surface area contributed by atoms with Crippen molar-refractivity contribution >= 4 is 0 Å². The maximum absolute atomic E-state index is 5.29. The van der Waals surface area contributed by atoms with Crippen LogP contribution in [0.1, 0.15) is 74.8 Å². The van der Waals surface area contributed by atoms with Gasteiger partial charge in [0.25, 0.3) is 0 Å². The number of imidazole rings is 1. The smallest absolute Gasteiger partial charge is 0.138 e. The Morgan fingerprint density at radius 2 is 1.23 bits per heavy atom. The number of H-pyrrole nitrogens is 1. The zero-order valence-corrected chi connectivity index (χ0v) is 24.5. The molecule has 0 saturated carbocycles. The average molecular weight is 521 g/mol. The van der Waals surface area contributed by atoms with Gasteiger partial charge in [-0.25, -0.2) is 4.98 Å². The first kappa shape index (κ1) is 27.4. The fraction of sp³-hybridized carbons (Fsp3) is 0.400. The average Bonchev–Trinajstić information content (AvgIpc) is 3.31. The van der Waals surface area contributed by atoms with Crippen molar-refractivity contribution < 1.29 is 0 Å². The summed E-state index contributed by atoms with van der Waals surface area (Å²) in [5, 5.41) is 0. The van der Waals surface area contributed by atoms with E-state index >= 15 is 0 Å². The molecule has 4 nitrogen and oxygen atoms in total. The largest absolute Gasteiger partial charge is 0.342 e. The van der Waals surface area contributed by atoms with Crippen molar-refractivity contribution in [2.75, 3.05) is 26.2 Å². The number of hydrogen-bond donors (Lipinski definition) is 1. The van der Waals surface area contributed by atoms with Gasteiger partial charge in [0.05, 0.1) is 17.8 Å². The number of piperazine rings is 1. The number of aromatic amines is 1. The highest BCUT2D eigenvalue weighted by Gasteiger charge is 2.33. The molecule has 1 aromatic heterocycles. The number of benzene rings is 3. The monoisotopic (exact) mass is 520 g/mol. The van der Waals surface area contributed by atoms with Crippen LogP contribution in [-0.2, 0) is 5.41 Å². The van der Waals surface area contributed by atoms with Crippen LogP contribution in [0.5, 0.6) is 0 Å². The minimum Gasteiger partial charge on any atom is -0.342 e. The predicted molar refractivity (Wildman–Crippen MR) is 163 cm³/mol. The topological polar surface area (TPSA) is 35.2 Å². The first-order valence-electron chi connectivity index (χ1n) is 14.5. The molecule has 1 aliphatic rings. The van der Waals surface area contributed by atoms with Gasteiger partial charge in [0.1, 0.15) is 5.82 Å². The minimum atomic E-state index is 0.0548. The molecule has 1 N–H and O–H groups in total. The minimum absolute atomic E-state index is 0.0548.